The van der Waals surface area contributed by atoms with Crippen LogP contribution in [0.25, 0.3) is 4.85 Å². The fourth-order valence-electron chi connectivity index (χ4n) is 3.94. The van der Waals surface area contributed by atoms with Crippen molar-refractivity contribution < 1.29 is 23.7 Å². The summed E-state index contributed by atoms with van der Waals surface area (Å²) in [6.45, 7) is 15.7. The van der Waals surface area contributed by atoms with E-state index in [9.17, 15) is 4.79 Å². The molecule has 1 aliphatic rings. The maximum absolute atomic E-state index is 12.8. The molecule has 0 bridgehead atoms. The van der Waals surface area contributed by atoms with Crippen molar-refractivity contribution in [3.8, 4) is 17.2 Å². The summed E-state index contributed by atoms with van der Waals surface area (Å²) in [5.41, 5.74) is 3.70. The second-order valence-corrected chi connectivity index (χ2v) is 9.86. The summed E-state index contributed by atoms with van der Waals surface area (Å²) in [7, 11) is 0. The van der Waals surface area contributed by atoms with Crippen LogP contribution in [0.3, 0.4) is 0 Å². The van der Waals surface area contributed by atoms with Gasteiger partial charge in [0.05, 0.1) is 19.6 Å². The lowest BCUT2D eigenvalue weighted by Crippen LogP contribution is -2.25. The van der Waals surface area contributed by atoms with Gasteiger partial charge in [-0.3, -0.25) is 4.79 Å². The molecule has 1 aliphatic heterocycles. The Bertz CT molecular complexity index is 1350. The zero-order chi connectivity index (χ0) is 26.6. The highest BCUT2D eigenvalue weighted by molar-refractivity contribution is 6.31. The van der Waals surface area contributed by atoms with E-state index in [1.807, 2.05) is 64.1 Å². The lowest BCUT2D eigenvalue weighted by Gasteiger charge is -2.17. The number of aryl methyl sites for hydroxylation is 2. The van der Waals surface area contributed by atoms with E-state index in [1.165, 1.54) is 0 Å². The largest absolute Gasteiger partial charge is 0.491 e. The maximum Gasteiger partial charge on any atom is 0.228 e. The quantitative estimate of drug-likeness (QED) is 0.323. The van der Waals surface area contributed by atoms with E-state index in [4.69, 9.17) is 37.1 Å². The van der Waals surface area contributed by atoms with Gasteiger partial charge in [-0.25, -0.2) is 4.85 Å². The normalized spacial score (nSPS) is 16.2. The van der Waals surface area contributed by atoms with E-state index in [0.717, 1.165) is 16.7 Å². The molecule has 0 aromatic heterocycles. The van der Waals surface area contributed by atoms with E-state index in [0.29, 0.717) is 46.9 Å². The van der Waals surface area contributed by atoms with Gasteiger partial charge in [-0.1, -0.05) is 23.7 Å². The maximum atomic E-state index is 12.8. The van der Waals surface area contributed by atoms with Crippen molar-refractivity contribution in [3.05, 3.63) is 87.7 Å². The molecular formula is C29H29ClN2O5. The number of nitrogens with zero attached hydrogens (tertiary/aromatic N) is 1. The summed E-state index contributed by atoms with van der Waals surface area (Å²) in [5.74, 6) is 1.03. The van der Waals surface area contributed by atoms with Crippen LogP contribution in [-0.4, -0.2) is 31.0 Å². The number of hydrogen-bond acceptors (Lipinski definition) is 5. The number of carbonyl (C=O) groups excluding carboxylic acids is 1. The second kappa shape index (κ2) is 11.2. The van der Waals surface area contributed by atoms with E-state index >= 15 is 0 Å². The molecule has 1 heterocycles. The molecule has 0 unspecified atom stereocenters. The molecule has 192 valence electrons. The minimum Gasteiger partial charge on any atom is -0.491 e. The SMILES string of the molecule is [C-]#[N+]c1cc(Cl)cc(Oc2cc(CC(=O)Nc3ccc(OC[C@@H]4COC(C)(C)O4)cc3C)ccc2C)c1. The summed E-state index contributed by atoms with van der Waals surface area (Å²) >= 11 is 6.10. The van der Waals surface area contributed by atoms with E-state index < -0.39 is 5.79 Å². The third-order valence-corrected chi connectivity index (χ3v) is 6.02. The van der Waals surface area contributed by atoms with Crippen molar-refractivity contribution in [1.29, 1.82) is 0 Å². The van der Waals surface area contributed by atoms with Crippen molar-refractivity contribution in [2.45, 2.75) is 46.0 Å². The summed E-state index contributed by atoms with van der Waals surface area (Å²) in [5, 5.41) is 3.39. The molecule has 1 amide bonds. The predicted molar refractivity (Wildman–Crippen MR) is 143 cm³/mol. The molecule has 4 rings (SSSR count). The van der Waals surface area contributed by atoms with Crippen LogP contribution in [-0.2, 0) is 20.7 Å². The summed E-state index contributed by atoms with van der Waals surface area (Å²) in [4.78, 5) is 16.2. The van der Waals surface area contributed by atoms with Gasteiger partial charge in [0, 0.05) is 10.7 Å². The van der Waals surface area contributed by atoms with Crippen molar-refractivity contribution in [1.82, 2.24) is 0 Å². The Balaban J connectivity index is 1.36. The van der Waals surface area contributed by atoms with Crippen LogP contribution in [0.2, 0.25) is 5.02 Å². The van der Waals surface area contributed by atoms with Gasteiger partial charge in [0.1, 0.15) is 30.0 Å². The molecule has 8 heteroatoms. The van der Waals surface area contributed by atoms with E-state index in [-0.39, 0.29) is 18.4 Å². The number of benzene rings is 3. The van der Waals surface area contributed by atoms with Crippen LogP contribution < -0.4 is 14.8 Å². The van der Waals surface area contributed by atoms with Crippen LogP contribution in [0.5, 0.6) is 17.2 Å². The Labute approximate surface area is 222 Å². The van der Waals surface area contributed by atoms with Gasteiger partial charge in [-0.05, 0) is 86.8 Å². The molecule has 0 saturated carbocycles. The molecule has 7 nitrogen and oxygen atoms in total. The van der Waals surface area contributed by atoms with E-state index in [1.54, 1.807) is 18.2 Å². The Hall–Kier alpha value is -3.57. The Kier molecular flexibility index (Phi) is 8.03. The first-order chi connectivity index (χ1) is 17.6. The molecule has 1 saturated heterocycles. The zero-order valence-electron chi connectivity index (χ0n) is 21.3. The molecule has 1 N–H and O–H groups in total. The Morgan fingerprint density at radius 3 is 2.62 bits per heavy atom. The minimum absolute atomic E-state index is 0.119. The van der Waals surface area contributed by atoms with Crippen molar-refractivity contribution in [3.63, 3.8) is 0 Å². The van der Waals surface area contributed by atoms with Crippen LogP contribution >= 0.6 is 11.6 Å². The molecule has 1 fully saturated rings. The Morgan fingerprint density at radius 1 is 1.11 bits per heavy atom. The first kappa shape index (κ1) is 26.5. The number of hydrogen-bond donors (Lipinski definition) is 1. The number of carbonyl (C=O) groups is 1. The van der Waals surface area contributed by atoms with E-state index in [2.05, 4.69) is 10.2 Å². The lowest BCUT2D eigenvalue weighted by molar-refractivity contribution is -0.141. The molecule has 1 atom stereocenters. The topological polar surface area (TPSA) is 70.4 Å². The highest BCUT2D eigenvalue weighted by Crippen LogP contribution is 2.32. The monoisotopic (exact) mass is 520 g/mol. The highest BCUT2D eigenvalue weighted by Gasteiger charge is 2.33. The fourth-order valence-corrected chi connectivity index (χ4v) is 4.16. The molecular weight excluding hydrogens is 492 g/mol. The number of halogens is 1. The van der Waals surface area contributed by atoms with Crippen LogP contribution in [0.4, 0.5) is 11.4 Å². The van der Waals surface area contributed by atoms with Crippen LogP contribution in [0, 0.1) is 20.4 Å². The third-order valence-electron chi connectivity index (χ3n) is 5.81. The smallest absolute Gasteiger partial charge is 0.228 e. The number of nitrogens with one attached hydrogen (secondary N) is 1. The number of ether oxygens (including phenoxy) is 4. The predicted octanol–water partition coefficient (Wildman–Crippen LogP) is 7.01. The minimum atomic E-state index is -0.584. The zero-order valence-corrected chi connectivity index (χ0v) is 22.0. The highest BCUT2D eigenvalue weighted by atomic mass is 35.5. The molecule has 3 aromatic rings. The summed E-state index contributed by atoms with van der Waals surface area (Å²) < 4.78 is 23.2. The average Bonchev–Trinajstić information content (AvgIpc) is 3.19. The van der Waals surface area contributed by atoms with Gasteiger partial charge in [-0.2, -0.15) is 0 Å². The van der Waals surface area contributed by atoms with Crippen LogP contribution in [0.15, 0.2) is 54.6 Å². The fraction of sp³-hybridized carbons (Fsp3) is 0.310. The number of rotatable bonds is 8. The number of amides is 1. The van der Waals surface area contributed by atoms with Gasteiger partial charge in [-0.15, -0.1) is 0 Å². The first-order valence-corrected chi connectivity index (χ1v) is 12.3. The molecule has 3 aromatic carbocycles. The number of anilines is 1. The Morgan fingerprint density at radius 2 is 1.92 bits per heavy atom. The summed E-state index contributed by atoms with van der Waals surface area (Å²) in [6.07, 6.45) is 0.0538. The lowest BCUT2D eigenvalue weighted by atomic mass is 10.1. The molecule has 0 spiro atoms. The van der Waals surface area contributed by atoms with Crippen molar-refractivity contribution in [2.75, 3.05) is 18.5 Å². The van der Waals surface area contributed by atoms with Gasteiger partial charge in [0.25, 0.3) is 0 Å². The third kappa shape index (κ3) is 7.23. The average molecular weight is 521 g/mol. The summed E-state index contributed by atoms with van der Waals surface area (Å²) in [6, 6.07) is 16.0. The van der Waals surface area contributed by atoms with Crippen LogP contribution in [0.1, 0.15) is 30.5 Å². The first-order valence-electron chi connectivity index (χ1n) is 11.9. The van der Waals surface area contributed by atoms with Gasteiger partial charge >= 0.3 is 0 Å². The van der Waals surface area contributed by atoms with Gasteiger partial charge in [0.2, 0.25) is 5.91 Å². The van der Waals surface area contributed by atoms with Gasteiger partial charge < -0.3 is 24.3 Å². The van der Waals surface area contributed by atoms with Crippen molar-refractivity contribution >= 4 is 28.9 Å². The molecule has 0 aliphatic carbocycles. The van der Waals surface area contributed by atoms with Gasteiger partial charge in [0.15, 0.2) is 11.5 Å². The second-order valence-electron chi connectivity index (χ2n) is 9.42. The van der Waals surface area contributed by atoms with Crippen molar-refractivity contribution in [2.24, 2.45) is 0 Å². The standard InChI is InChI=1S/C29H29ClN2O5/c1-18-6-7-20(11-27(18)36-24-14-21(30)13-22(15-24)31-5)12-28(33)32-26-9-8-23(10-19(26)2)34-16-25-17-35-29(3,4)37-25/h6-11,13-15,25H,12,16-17H2,1-4H3,(H,32,33)/t25-/m1/s1. The molecule has 37 heavy (non-hydrogen) atoms. The molecule has 0 radical (unpaired) electrons.